The van der Waals surface area contributed by atoms with Gasteiger partial charge in [-0.05, 0) is 49.5 Å². The molecule has 0 saturated heterocycles. The fraction of sp³-hybridized carbons (Fsp3) is 0.500. The zero-order chi connectivity index (χ0) is 13.5. The van der Waals surface area contributed by atoms with Crippen LogP contribution < -0.4 is 5.32 Å². The molecular formula is C14H21NO2S. The minimum atomic E-state index is -0.126. The van der Waals surface area contributed by atoms with E-state index in [9.17, 15) is 9.90 Å². The third-order valence-corrected chi connectivity index (χ3v) is 3.68. The summed E-state index contributed by atoms with van der Waals surface area (Å²) in [6.07, 6.45) is 0.960. The normalized spacial score (nSPS) is 12.2. The number of phenolic OH excluding ortho intramolecular Hbond substituents is 1. The summed E-state index contributed by atoms with van der Waals surface area (Å²) >= 11 is 1.87. The van der Waals surface area contributed by atoms with Gasteiger partial charge in [-0.15, -0.1) is 0 Å². The van der Waals surface area contributed by atoms with Crippen molar-refractivity contribution in [3.63, 3.8) is 0 Å². The molecule has 0 bridgehead atoms. The first-order valence-electron chi connectivity index (χ1n) is 6.22. The SMILES string of the molecule is CCSCCC(C)NC(=O)c1ccc(C)c(O)c1. The van der Waals surface area contributed by atoms with Crippen LogP contribution >= 0.6 is 11.8 Å². The van der Waals surface area contributed by atoms with E-state index >= 15 is 0 Å². The maximum absolute atomic E-state index is 11.9. The topological polar surface area (TPSA) is 49.3 Å². The summed E-state index contributed by atoms with van der Waals surface area (Å²) in [6, 6.07) is 5.15. The van der Waals surface area contributed by atoms with Crippen LogP contribution in [-0.4, -0.2) is 28.6 Å². The summed E-state index contributed by atoms with van der Waals surface area (Å²) in [5.41, 5.74) is 1.28. The molecule has 0 aromatic heterocycles. The van der Waals surface area contributed by atoms with Crippen molar-refractivity contribution in [2.24, 2.45) is 0 Å². The Morgan fingerprint density at radius 1 is 1.50 bits per heavy atom. The van der Waals surface area contributed by atoms with Crippen molar-refractivity contribution in [2.45, 2.75) is 33.2 Å². The van der Waals surface area contributed by atoms with E-state index in [1.165, 1.54) is 6.07 Å². The van der Waals surface area contributed by atoms with Gasteiger partial charge >= 0.3 is 0 Å². The number of carbonyl (C=O) groups excluding carboxylic acids is 1. The molecule has 1 amide bonds. The maximum atomic E-state index is 11.9. The first-order valence-corrected chi connectivity index (χ1v) is 7.38. The van der Waals surface area contributed by atoms with Gasteiger partial charge in [-0.25, -0.2) is 0 Å². The largest absolute Gasteiger partial charge is 0.508 e. The molecule has 100 valence electrons. The average molecular weight is 267 g/mol. The third kappa shape index (κ3) is 4.61. The van der Waals surface area contributed by atoms with E-state index in [-0.39, 0.29) is 17.7 Å². The zero-order valence-electron chi connectivity index (χ0n) is 11.2. The molecule has 1 aromatic rings. The van der Waals surface area contributed by atoms with E-state index in [4.69, 9.17) is 0 Å². The molecule has 0 aliphatic heterocycles. The number of thioether (sulfide) groups is 1. The Bertz CT molecular complexity index is 407. The van der Waals surface area contributed by atoms with E-state index in [1.54, 1.807) is 12.1 Å². The lowest BCUT2D eigenvalue weighted by Crippen LogP contribution is -2.32. The number of aryl methyl sites for hydroxylation is 1. The Balaban J connectivity index is 2.51. The van der Waals surface area contributed by atoms with Crippen molar-refractivity contribution in [1.29, 1.82) is 0 Å². The number of carbonyl (C=O) groups is 1. The number of hydrogen-bond donors (Lipinski definition) is 2. The number of phenols is 1. The maximum Gasteiger partial charge on any atom is 0.251 e. The molecule has 0 radical (unpaired) electrons. The Morgan fingerprint density at radius 3 is 2.83 bits per heavy atom. The smallest absolute Gasteiger partial charge is 0.251 e. The van der Waals surface area contributed by atoms with Crippen LogP contribution in [0.4, 0.5) is 0 Å². The van der Waals surface area contributed by atoms with Gasteiger partial charge < -0.3 is 10.4 Å². The Kier molecular flexibility index (Phi) is 6.05. The van der Waals surface area contributed by atoms with Crippen LogP contribution in [0.2, 0.25) is 0 Å². The van der Waals surface area contributed by atoms with Crippen molar-refractivity contribution in [1.82, 2.24) is 5.32 Å². The van der Waals surface area contributed by atoms with Gasteiger partial charge in [0.2, 0.25) is 0 Å². The lowest BCUT2D eigenvalue weighted by molar-refractivity contribution is 0.0939. The summed E-state index contributed by atoms with van der Waals surface area (Å²) in [4.78, 5) is 11.9. The number of rotatable bonds is 6. The van der Waals surface area contributed by atoms with Gasteiger partial charge in [-0.2, -0.15) is 11.8 Å². The Hall–Kier alpha value is -1.16. The minimum Gasteiger partial charge on any atom is -0.508 e. The van der Waals surface area contributed by atoms with Crippen LogP contribution in [0.1, 0.15) is 36.2 Å². The molecule has 1 unspecified atom stereocenters. The van der Waals surface area contributed by atoms with Crippen molar-refractivity contribution < 1.29 is 9.90 Å². The average Bonchev–Trinajstić information content (AvgIpc) is 2.33. The summed E-state index contributed by atoms with van der Waals surface area (Å²) in [5, 5.41) is 12.5. The molecule has 3 nitrogen and oxygen atoms in total. The first-order chi connectivity index (χ1) is 8.54. The van der Waals surface area contributed by atoms with Gasteiger partial charge in [0.15, 0.2) is 0 Å². The monoisotopic (exact) mass is 267 g/mol. The standard InChI is InChI=1S/C14H21NO2S/c1-4-18-8-7-11(3)15-14(17)12-6-5-10(2)13(16)9-12/h5-6,9,11,16H,4,7-8H2,1-3H3,(H,15,17). The second kappa shape index (κ2) is 7.31. The van der Waals surface area contributed by atoms with Gasteiger partial charge in [0, 0.05) is 11.6 Å². The highest BCUT2D eigenvalue weighted by Gasteiger charge is 2.10. The summed E-state index contributed by atoms with van der Waals surface area (Å²) < 4.78 is 0. The molecule has 18 heavy (non-hydrogen) atoms. The van der Waals surface area contributed by atoms with E-state index in [0.29, 0.717) is 5.56 Å². The fourth-order valence-electron chi connectivity index (χ4n) is 1.53. The number of amides is 1. The molecule has 0 saturated carbocycles. The minimum absolute atomic E-state index is 0.126. The Morgan fingerprint density at radius 2 is 2.22 bits per heavy atom. The highest BCUT2D eigenvalue weighted by atomic mass is 32.2. The van der Waals surface area contributed by atoms with Gasteiger partial charge in [-0.1, -0.05) is 13.0 Å². The van der Waals surface area contributed by atoms with Crippen LogP contribution in [-0.2, 0) is 0 Å². The molecule has 0 heterocycles. The van der Waals surface area contributed by atoms with Gasteiger partial charge in [-0.3, -0.25) is 4.79 Å². The number of nitrogens with one attached hydrogen (secondary N) is 1. The molecule has 0 fully saturated rings. The summed E-state index contributed by atoms with van der Waals surface area (Å²) in [6.45, 7) is 5.94. The quantitative estimate of drug-likeness (QED) is 0.779. The molecule has 4 heteroatoms. The second-order valence-corrected chi connectivity index (χ2v) is 5.76. The first kappa shape index (κ1) is 14.9. The van der Waals surface area contributed by atoms with Crippen LogP contribution in [0.15, 0.2) is 18.2 Å². The predicted octanol–water partition coefficient (Wildman–Crippen LogP) is 2.96. The van der Waals surface area contributed by atoms with Gasteiger partial charge in [0.1, 0.15) is 5.75 Å². The van der Waals surface area contributed by atoms with Crippen LogP contribution in [0, 0.1) is 6.92 Å². The lowest BCUT2D eigenvalue weighted by Gasteiger charge is -2.13. The molecule has 1 atom stereocenters. The van der Waals surface area contributed by atoms with Gasteiger partial charge in [0.25, 0.3) is 5.91 Å². The molecule has 1 aromatic carbocycles. The van der Waals surface area contributed by atoms with E-state index in [0.717, 1.165) is 23.5 Å². The summed E-state index contributed by atoms with van der Waals surface area (Å²) in [5.74, 6) is 2.19. The van der Waals surface area contributed by atoms with Crippen LogP contribution in [0.3, 0.4) is 0 Å². The zero-order valence-corrected chi connectivity index (χ0v) is 12.0. The molecule has 2 N–H and O–H groups in total. The van der Waals surface area contributed by atoms with Crippen molar-refractivity contribution in [3.8, 4) is 5.75 Å². The second-order valence-electron chi connectivity index (χ2n) is 4.36. The van der Waals surface area contributed by atoms with Crippen LogP contribution in [0.5, 0.6) is 5.75 Å². The molecule has 0 aliphatic rings. The predicted molar refractivity (Wildman–Crippen MR) is 77.4 cm³/mol. The Labute approximate surface area is 113 Å². The number of benzene rings is 1. The summed E-state index contributed by atoms with van der Waals surface area (Å²) in [7, 11) is 0. The number of hydrogen-bond acceptors (Lipinski definition) is 3. The lowest BCUT2D eigenvalue weighted by atomic mass is 10.1. The van der Waals surface area contributed by atoms with E-state index in [1.807, 2.05) is 25.6 Å². The van der Waals surface area contributed by atoms with Crippen molar-refractivity contribution >= 4 is 17.7 Å². The van der Waals surface area contributed by atoms with E-state index < -0.39 is 0 Å². The highest BCUT2D eigenvalue weighted by Crippen LogP contribution is 2.17. The van der Waals surface area contributed by atoms with Gasteiger partial charge in [0.05, 0.1) is 0 Å². The molecule has 0 aliphatic carbocycles. The highest BCUT2D eigenvalue weighted by molar-refractivity contribution is 7.99. The van der Waals surface area contributed by atoms with Crippen molar-refractivity contribution in [2.75, 3.05) is 11.5 Å². The molecule has 0 spiro atoms. The number of aromatic hydroxyl groups is 1. The van der Waals surface area contributed by atoms with Crippen LogP contribution in [0.25, 0.3) is 0 Å². The molecule has 1 rings (SSSR count). The third-order valence-electron chi connectivity index (χ3n) is 2.75. The fourth-order valence-corrected chi connectivity index (χ4v) is 2.34. The molecular weight excluding hydrogens is 246 g/mol. The van der Waals surface area contributed by atoms with E-state index in [2.05, 4.69) is 12.2 Å². The van der Waals surface area contributed by atoms with Crippen molar-refractivity contribution in [3.05, 3.63) is 29.3 Å².